The Morgan fingerprint density at radius 2 is 2.04 bits per heavy atom. The molecule has 1 aliphatic heterocycles. The summed E-state index contributed by atoms with van der Waals surface area (Å²) in [4.78, 5) is 31.2. The number of hydroxylamine groups is 1. The highest BCUT2D eigenvalue weighted by molar-refractivity contribution is 9.11. The predicted octanol–water partition coefficient (Wildman–Crippen LogP) is 4.84. The van der Waals surface area contributed by atoms with Gasteiger partial charge in [-0.3, -0.25) is 19.5 Å². The average molecular weight is 487 g/mol. The SMILES string of the molecule is CC(C)(NC(=O)c1ccc(Br)s1)C(=O)Nc1ccc(N2CCCCO2)c(Cl)c1. The van der Waals surface area contributed by atoms with E-state index in [1.165, 1.54) is 11.3 Å². The average Bonchev–Trinajstić information content (AvgIpc) is 3.09. The van der Waals surface area contributed by atoms with Gasteiger partial charge in [0.15, 0.2) is 0 Å². The van der Waals surface area contributed by atoms with E-state index in [0.717, 1.165) is 28.9 Å². The third-order valence-electron chi connectivity index (χ3n) is 4.27. The van der Waals surface area contributed by atoms with Crippen molar-refractivity contribution < 1.29 is 14.4 Å². The van der Waals surface area contributed by atoms with Crippen LogP contribution in [0.2, 0.25) is 5.02 Å². The molecule has 3 rings (SSSR count). The normalized spacial score (nSPS) is 14.6. The van der Waals surface area contributed by atoms with Crippen LogP contribution >= 0.6 is 38.9 Å². The summed E-state index contributed by atoms with van der Waals surface area (Å²) in [5.41, 5.74) is 0.224. The van der Waals surface area contributed by atoms with Gasteiger partial charge < -0.3 is 10.6 Å². The lowest BCUT2D eigenvalue weighted by atomic mass is 10.0. The number of nitrogens with one attached hydrogen (secondary N) is 2. The quantitative estimate of drug-likeness (QED) is 0.634. The number of rotatable bonds is 5. The Hall–Kier alpha value is -1.61. The maximum absolute atomic E-state index is 12.7. The molecule has 1 fully saturated rings. The van der Waals surface area contributed by atoms with Gasteiger partial charge in [-0.1, -0.05) is 11.6 Å². The molecule has 1 saturated heterocycles. The second-order valence-corrected chi connectivity index (χ2v) is 9.82. The Kier molecular flexibility index (Phi) is 6.65. The standard InChI is InChI=1S/C19H21BrClN3O3S/c1-19(2,23-17(25)15-7-8-16(20)28-15)18(26)22-12-5-6-14(13(21)11-12)24-9-3-4-10-27-24/h5-8,11H,3-4,9-10H2,1-2H3,(H,22,26)(H,23,25). The number of benzene rings is 1. The fourth-order valence-corrected chi connectivity index (χ4v) is 4.26. The Morgan fingerprint density at radius 1 is 1.25 bits per heavy atom. The van der Waals surface area contributed by atoms with Crippen molar-refractivity contribution in [2.45, 2.75) is 32.2 Å². The second-order valence-electron chi connectivity index (χ2n) is 6.95. The maximum atomic E-state index is 12.7. The molecule has 0 aliphatic carbocycles. The lowest BCUT2D eigenvalue weighted by molar-refractivity contribution is -0.120. The van der Waals surface area contributed by atoms with E-state index in [4.69, 9.17) is 16.4 Å². The molecular formula is C19H21BrClN3O3S. The lowest BCUT2D eigenvalue weighted by Gasteiger charge is -2.29. The van der Waals surface area contributed by atoms with Crippen LogP contribution in [0.5, 0.6) is 0 Å². The van der Waals surface area contributed by atoms with E-state index >= 15 is 0 Å². The van der Waals surface area contributed by atoms with Gasteiger partial charge in [0, 0.05) is 12.2 Å². The molecule has 0 unspecified atom stereocenters. The van der Waals surface area contributed by atoms with E-state index in [-0.39, 0.29) is 11.8 Å². The number of amides is 2. The van der Waals surface area contributed by atoms with Crippen molar-refractivity contribution in [1.82, 2.24) is 5.32 Å². The predicted molar refractivity (Wildman–Crippen MR) is 116 cm³/mol. The third kappa shape index (κ3) is 5.05. The van der Waals surface area contributed by atoms with Gasteiger partial charge in [-0.15, -0.1) is 11.3 Å². The number of hydrogen-bond acceptors (Lipinski definition) is 5. The molecule has 2 N–H and O–H groups in total. The molecule has 0 radical (unpaired) electrons. The second kappa shape index (κ2) is 8.82. The molecule has 150 valence electrons. The monoisotopic (exact) mass is 485 g/mol. The summed E-state index contributed by atoms with van der Waals surface area (Å²) in [6.45, 7) is 4.76. The van der Waals surface area contributed by atoms with Gasteiger partial charge in [0.2, 0.25) is 5.91 Å². The highest BCUT2D eigenvalue weighted by atomic mass is 79.9. The van der Waals surface area contributed by atoms with Crippen molar-refractivity contribution in [1.29, 1.82) is 0 Å². The molecule has 0 atom stereocenters. The van der Waals surface area contributed by atoms with E-state index < -0.39 is 5.54 Å². The minimum atomic E-state index is -1.10. The molecule has 2 aromatic rings. The van der Waals surface area contributed by atoms with Crippen LogP contribution in [0.3, 0.4) is 0 Å². The van der Waals surface area contributed by atoms with Crippen molar-refractivity contribution in [2.24, 2.45) is 0 Å². The van der Waals surface area contributed by atoms with Crippen LogP contribution in [0.15, 0.2) is 34.1 Å². The van der Waals surface area contributed by atoms with Gasteiger partial charge in [-0.2, -0.15) is 0 Å². The molecule has 9 heteroatoms. The van der Waals surface area contributed by atoms with Gasteiger partial charge in [0.05, 0.1) is 26.0 Å². The van der Waals surface area contributed by atoms with Crippen LogP contribution in [-0.2, 0) is 9.63 Å². The van der Waals surface area contributed by atoms with Gasteiger partial charge in [-0.25, -0.2) is 0 Å². The van der Waals surface area contributed by atoms with Crippen LogP contribution < -0.4 is 15.7 Å². The Balaban J connectivity index is 1.65. The summed E-state index contributed by atoms with van der Waals surface area (Å²) < 4.78 is 0.854. The summed E-state index contributed by atoms with van der Waals surface area (Å²) in [5, 5.41) is 7.84. The zero-order chi connectivity index (χ0) is 20.3. The first-order valence-electron chi connectivity index (χ1n) is 8.85. The van der Waals surface area contributed by atoms with Crippen LogP contribution in [0, 0.1) is 0 Å². The summed E-state index contributed by atoms with van der Waals surface area (Å²) >= 11 is 11.0. The minimum absolute atomic E-state index is 0.300. The van der Waals surface area contributed by atoms with E-state index in [0.29, 0.717) is 22.2 Å². The minimum Gasteiger partial charge on any atom is -0.337 e. The topological polar surface area (TPSA) is 70.7 Å². The highest BCUT2D eigenvalue weighted by Crippen LogP contribution is 2.31. The lowest BCUT2D eigenvalue weighted by Crippen LogP contribution is -2.52. The van der Waals surface area contributed by atoms with Crippen molar-refractivity contribution in [3.63, 3.8) is 0 Å². The van der Waals surface area contributed by atoms with E-state index in [9.17, 15) is 9.59 Å². The molecule has 2 heterocycles. The van der Waals surface area contributed by atoms with Crippen molar-refractivity contribution in [3.05, 3.63) is 44.0 Å². The summed E-state index contributed by atoms with van der Waals surface area (Å²) in [6.07, 6.45) is 2.08. The fraction of sp³-hybridized carbons (Fsp3) is 0.368. The number of thiophene rings is 1. The molecule has 1 aliphatic rings. The van der Waals surface area contributed by atoms with Gasteiger partial charge >= 0.3 is 0 Å². The summed E-state index contributed by atoms with van der Waals surface area (Å²) in [7, 11) is 0. The van der Waals surface area contributed by atoms with Gasteiger partial charge in [0.1, 0.15) is 5.54 Å². The number of halogens is 2. The summed E-state index contributed by atoms with van der Waals surface area (Å²) in [5.74, 6) is -0.638. The molecule has 28 heavy (non-hydrogen) atoms. The van der Waals surface area contributed by atoms with Crippen molar-refractivity contribution in [2.75, 3.05) is 23.5 Å². The van der Waals surface area contributed by atoms with Gasteiger partial charge in [-0.05, 0) is 73.0 Å². The first kappa shape index (κ1) is 21.1. The fourth-order valence-electron chi connectivity index (χ4n) is 2.70. The molecule has 1 aromatic heterocycles. The number of hydrogen-bond donors (Lipinski definition) is 2. The Labute approximate surface area is 181 Å². The molecule has 0 spiro atoms. The number of nitrogens with zero attached hydrogens (tertiary/aromatic N) is 1. The highest BCUT2D eigenvalue weighted by Gasteiger charge is 2.30. The number of carbonyl (C=O) groups is 2. The molecular weight excluding hydrogens is 466 g/mol. The van der Waals surface area contributed by atoms with Crippen LogP contribution in [0.25, 0.3) is 0 Å². The van der Waals surface area contributed by atoms with E-state index in [1.807, 2.05) is 6.07 Å². The molecule has 6 nitrogen and oxygen atoms in total. The number of anilines is 2. The van der Waals surface area contributed by atoms with Crippen LogP contribution in [0.4, 0.5) is 11.4 Å². The first-order valence-corrected chi connectivity index (χ1v) is 10.8. The van der Waals surface area contributed by atoms with E-state index in [1.54, 1.807) is 43.2 Å². The first-order chi connectivity index (χ1) is 13.3. The van der Waals surface area contributed by atoms with Crippen LogP contribution in [-0.4, -0.2) is 30.5 Å². The van der Waals surface area contributed by atoms with E-state index in [2.05, 4.69) is 26.6 Å². The third-order valence-corrected chi connectivity index (χ3v) is 6.19. The molecule has 2 amide bonds. The smallest absolute Gasteiger partial charge is 0.262 e. The Morgan fingerprint density at radius 3 is 2.64 bits per heavy atom. The molecule has 0 saturated carbocycles. The maximum Gasteiger partial charge on any atom is 0.262 e. The van der Waals surface area contributed by atoms with Gasteiger partial charge in [0.25, 0.3) is 5.91 Å². The largest absolute Gasteiger partial charge is 0.337 e. The number of carbonyl (C=O) groups excluding carboxylic acids is 2. The zero-order valence-corrected chi connectivity index (χ0v) is 18.7. The zero-order valence-electron chi connectivity index (χ0n) is 15.6. The molecule has 0 bridgehead atoms. The van der Waals surface area contributed by atoms with Crippen molar-refractivity contribution >= 4 is 62.1 Å². The summed E-state index contributed by atoms with van der Waals surface area (Å²) in [6, 6.07) is 8.77. The molecule has 1 aromatic carbocycles. The van der Waals surface area contributed by atoms with Crippen molar-refractivity contribution in [3.8, 4) is 0 Å². The Bertz CT molecular complexity index is 881. The van der Waals surface area contributed by atoms with Crippen LogP contribution in [0.1, 0.15) is 36.4 Å².